The van der Waals surface area contributed by atoms with Crippen molar-refractivity contribution in [3.05, 3.63) is 59.7 Å². The normalized spacial score (nSPS) is 11.9. The number of aryl methyl sites for hydroxylation is 2. The van der Waals surface area contributed by atoms with E-state index in [-0.39, 0.29) is 24.5 Å². The number of carboxylic acid groups (broad SMARTS) is 1. The number of hydrogen-bond donors (Lipinski definition) is 1. The van der Waals surface area contributed by atoms with E-state index in [1.165, 1.54) is 5.56 Å². The second kappa shape index (κ2) is 12.7. The average Bonchev–Trinajstić information content (AvgIpc) is 2.75. The monoisotopic (exact) mass is 427 g/mol. The highest BCUT2D eigenvalue weighted by atomic mass is 16.5. The second-order valence-corrected chi connectivity index (χ2v) is 8.04. The lowest BCUT2D eigenvalue weighted by Crippen LogP contribution is -2.28. The molecular formula is C25H33NO5. The molecule has 1 N–H and O–H groups in total. The third-order valence-electron chi connectivity index (χ3n) is 5.02. The molecule has 0 aromatic heterocycles. The van der Waals surface area contributed by atoms with Gasteiger partial charge < -0.3 is 19.5 Å². The maximum atomic E-state index is 12.2. The molecule has 0 saturated carbocycles. The van der Waals surface area contributed by atoms with Gasteiger partial charge in [0.1, 0.15) is 17.3 Å². The molecule has 0 saturated heterocycles. The Labute approximate surface area is 184 Å². The number of benzene rings is 2. The van der Waals surface area contributed by atoms with Crippen molar-refractivity contribution in [1.29, 1.82) is 0 Å². The number of carbonyl (C=O) groups is 2. The van der Waals surface area contributed by atoms with Crippen LogP contribution in [0.4, 0.5) is 0 Å². The summed E-state index contributed by atoms with van der Waals surface area (Å²) in [6.45, 7) is 1.11. The van der Waals surface area contributed by atoms with Gasteiger partial charge >= 0.3 is 5.97 Å². The zero-order chi connectivity index (χ0) is 22.6. The molecule has 168 valence electrons. The third kappa shape index (κ3) is 9.22. The first-order valence-electron chi connectivity index (χ1n) is 10.6. The van der Waals surface area contributed by atoms with Gasteiger partial charge in [-0.3, -0.25) is 9.59 Å². The molecule has 0 aliphatic carbocycles. The van der Waals surface area contributed by atoms with E-state index in [1.54, 1.807) is 7.11 Å². The van der Waals surface area contributed by atoms with E-state index in [0.717, 1.165) is 29.9 Å². The SMILES string of the molecule is COc1cccc(CCc2ccccc2OCC(CC(=O)CCC(=O)O)CN(C)C)c1. The number of carboxylic acids is 1. The van der Waals surface area contributed by atoms with Crippen LogP contribution >= 0.6 is 0 Å². The van der Waals surface area contributed by atoms with Crippen LogP contribution in [0.25, 0.3) is 0 Å². The Balaban J connectivity index is 1.98. The first-order chi connectivity index (χ1) is 14.9. The predicted molar refractivity (Wildman–Crippen MR) is 121 cm³/mol. The van der Waals surface area contributed by atoms with Gasteiger partial charge in [0, 0.05) is 25.3 Å². The Morgan fingerprint density at radius 2 is 1.81 bits per heavy atom. The van der Waals surface area contributed by atoms with Gasteiger partial charge in [0.2, 0.25) is 0 Å². The van der Waals surface area contributed by atoms with Crippen molar-refractivity contribution >= 4 is 11.8 Å². The van der Waals surface area contributed by atoms with Crippen LogP contribution in [0.5, 0.6) is 11.5 Å². The minimum Gasteiger partial charge on any atom is -0.497 e. The van der Waals surface area contributed by atoms with Gasteiger partial charge in [0.25, 0.3) is 0 Å². The summed E-state index contributed by atoms with van der Waals surface area (Å²) < 4.78 is 11.4. The summed E-state index contributed by atoms with van der Waals surface area (Å²) in [6, 6.07) is 16.0. The number of methoxy groups -OCH3 is 1. The molecule has 0 amide bonds. The van der Waals surface area contributed by atoms with Gasteiger partial charge in [0.05, 0.1) is 20.1 Å². The van der Waals surface area contributed by atoms with E-state index in [2.05, 4.69) is 12.1 Å². The predicted octanol–water partition coefficient (Wildman–Crippen LogP) is 3.86. The molecule has 2 rings (SSSR count). The molecule has 1 atom stereocenters. The summed E-state index contributed by atoms with van der Waals surface area (Å²) in [6.07, 6.45) is 1.96. The number of hydrogen-bond acceptors (Lipinski definition) is 5. The number of ketones is 1. The van der Waals surface area contributed by atoms with Crippen molar-refractivity contribution in [2.24, 2.45) is 5.92 Å². The molecule has 0 spiro atoms. The highest BCUT2D eigenvalue weighted by Gasteiger charge is 2.17. The van der Waals surface area contributed by atoms with Gasteiger partial charge in [-0.1, -0.05) is 30.3 Å². The van der Waals surface area contributed by atoms with Crippen molar-refractivity contribution < 1.29 is 24.2 Å². The van der Waals surface area contributed by atoms with Crippen molar-refractivity contribution in [3.8, 4) is 11.5 Å². The highest BCUT2D eigenvalue weighted by Crippen LogP contribution is 2.23. The molecule has 31 heavy (non-hydrogen) atoms. The molecule has 1 unspecified atom stereocenters. The van der Waals surface area contributed by atoms with E-state index in [9.17, 15) is 9.59 Å². The fraction of sp³-hybridized carbons (Fsp3) is 0.440. The maximum Gasteiger partial charge on any atom is 0.303 e. The smallest absolute Gasteiger partial charge is 0.303 e. The molecule has 0 radical (unpaired) electrons. The van der Waals surface area contributed by atoms with Gasteiger partial charge in [-0.05, 0) is 56.3 Å². The lowest BCUT2D eigenvalue weighted by Gasteiger charge is -2.22. The lowest BCUT2D eigenvalue weighted by atomic mass is 10.00. The van der Waals surface area contributed by atoms with Gasteiger partial charge in [-0.25, -0.2) is 0 Å². The van der Waals surface area contributed by atoms with Crippen LogP contribution in [0.1, 0.15) is 30.4 Å². The van der Waals surface area contributed by atoms with Crippen LogP contribution in [0.3, 0.4) is 0 Å². The number of Topliss-reactive ketones (excluding diaryl/α,β-unsaturated/α-hetero) is 1. The fourth-order valence-corrected chi connectivity index (χ4v) is 3.53. The Kier molecular flexibility index (Phi) is 10.0. The Morgan fingerprint density at radius 3 is 2.52 bits per heavy atom. The lowest BCUT2D eigenvalue weighted by molar-refractivity contribution is -0.138. The third-order valence-corrected chi connectivity index (χ3v) is 5.02. The summed E-state index contributed by atoms with van der Waals surface area (Å²) >= 11 is 0. The van der Waals surface area contributed by atoms with Crippen molar-refractivity contribution in [2.75, 3.05) is 34.4 Å². The molecule has 0 fully saturated rings. The van der Waals surface area contributed by atoms with Crippen molar-refractivity contribution in [3.63, 3.8) is 0 Å². The Hall–Kier alpha value is -2.86. The van der Waals surface area contributed by atoms with Gasteiger partial charge in [-0.2, -0.15) is 0 Å². The molecule has 0 bridgehead atoms. The summed E-state index contributed by atoms with van der Waals surface area (Å²) in [5.74, 6) is 0.693. The molecule has 2 aromatic rings. The number of ether oxygens (including phenoxy) is 2. The Morgan fingerprint density at radius 1 is 1.03 bits per heavy atom. The summed E-state index contributed by atoms with van der Waals surface area (Å²) in [4.78, 5) is 24.9. The van der Waals surface area contributed by atoms with E-state index < -0.39 is 5.97 Å². The molecule has 0 aliphatic heterocycles. The van der Waals surface area contributed by atoms with Crippen LogP contribution in [0, 0.1) is 5.92 Å². The van der Waals surface area contributed by atoms with Crippen LogP contribution in [-0.2, 0) is 22.4 Å². The van der Waals surface area contributed by atoms with E-state index in [1.807, 2.05) is 55.4 Å². The second-order valence-electron chi connectivity index (χ2n) is 8.04. The summed E-state index contributed by atoms with van der Waals surface area (Å²) in [7, 11) is 5.58. The quantitative estimate of drug-likeness (QED) is 0.493. The molecule has 0 aliphatic rings. The standard InChI is InChI=1S/C25H33NO5/c1-26(2)17-20(15-22(27)13-14-25(28)29)18-31-24-10-5-4-8-21(24)12-11-19-7-6-9-23(16-19)30-3/h4-10,16,20H,11-15,17-18H2,1-3H3,(H,28,29). The zero-order valence-corrected chi connectivity index (χ0v) is 18.7. The zero-order valence-electron chi connectivity index (χ0n) is 18.7. The van der Waals surface area contributed by atoms with Crippen molar-refractivity contribution in [1.82, 2.24) is 4.90 Å². The molecule has 0 heterocycles. The number of carbonyl (C=O) groups excluding carboxylic acids is 1. The first-order valence-corrected chi connectivity index (χ1v) is 10.6. The number of rotatable bonds is 14. The van der Waals surface area contributed by atoms with E-state index in [4.69, 9.17) is 14.6 Å². The number of para-hydroxylation sites is 1. The average molecular weight is 428 g/mol. The number of nitrogens with zero attached hydrogens (tertiary/aromatic N) is 1. The largest absolute Gasteiger partial charge is 0.497 e. The van der Waals surface area contributed by atoms with Crippen molar-refractivity contribution in [2.45, 2.75) is 32.1 Å². The van der Waals surface area contributed by atoms with Crippen LogP contribution in [0.15, 0.2) is 48.5 Å². The van der Waals surface area contributed by atoms with Crippen LogP contribution < -0.4 is 9.47 Å². The molecule has 2 aromatic carbocycles. The van der Waals surface area contributed by atoms with Crippen LogP contribution in [-0.4, -0.2) is 56.1 Å². The molecular weight excluding hydrogens is 394 g/mol. The maximum absolute atomic E-state index is 12.2. The number of aliphatic carboxylic acids is 1. The van der Waals surface area contributed by atoms with Gasteiger partial charge in [-0.15, -0.1) is 0 Å². The van der Waals surface area contributed by atoms with E-state index >= 15 is 0 Å². The first kappa shape index (κ1) is 24.4. The van der Waals surface area contributed by atoms with Gasteiger partial charge in [0.15, 0.2) is 0 Å². The Bertz CT molecular complexity index is 849. The molecule has 6 heteroatoms. The fourth-order valence-electron chi connectivity index (χ4n) is 3.53. The van der Waals surface area contributed by atoms with Crippen LogP contribution in [0.2, 0.25) is 0 Å². The minimum absolute atomic E-state index is 0.00253. The topological polar surface area (TPSA) is 76.1 Å². The summed E-state index contributed by atoms with van der Waals surface area (Å²) in [5.41, 5.74) is 2.31. The molecule has 6 nitrogen and oxygen atoms in total. The summed E-state index contributed by atoms with van der Waals surface area (Å²) in [5, 5.41) is 8.79. The highest BCUT2D eigenvalue weighted by molar-refractivity contribution is 5.82. The minimum atomic E-state index is -0.946. The van der Waals surface area contributed by atoms with E-state index in [0.29, 0.717) is 19.6 Å².